The van der Waals surface area contributed by atoms with Gasteiger partial charge in [-0.3, -0.25) is 4.79 Å². The molecular weight excluding hydrogens is 192 g/mol. The highest BCUT2D eigenvalue weighted by Gasteiger charge is 2.21. The van der Waals surface area contributed by atoms with Crippen LogP contribution in [0.1, 0.15) is 38.5 Å². The molecule has 15 heavy (non-hydrogen) atoms. The second-order valence-electron chi connectivity index (χ2n) is 4.19. The van der Waals surface area contributed by atoms with Crippen LogP contribution in [0.15, 0.2) is 0 Å². The summed E-state index contributed by atoms with van der Waals surface area (Å²) in [5.41, 5.74) is 0. The predicted molar refractivity (Wildman–Crippen MR) is 59.6 cm³/mol. The highest BCUT2D eigenvalue weighted by Crippen LogP contribution is 2.18. The molecule has 1 aliphatic rings. The molecule has 0 aromatic rings. The third kappa shape index (κ3) is 4.62. The standard InChI is InChI=1S/C11H22N2O2/c1-12-11(15)7-4-8-13-9-5-2-3-6-10(9)14/h9-10,13-14H,2-8H2,1H3,(H,12,15). The summed E-state index contributed by atoms with van der Waals surface area (Å²) in [6.45, 7) is 0.815. The maximum Gasteiger partial charge on any atom is 0.219 e. The molecular formula is C11H22N2O2. The summed E-state index contributed by atoms with van der Waals surface area (Å²) in [5, 5.41) is 15.6. The van der Waals surface area contributed by atoms with Gasteiger partial charge < -0.3 is 15.7 Å². The Morgan fingerprint density at radius 2 is 2.13 bits per heavy atom. The fraction of sp³-hybridized carbons (Fsp3) is 0.909. The van der Waals surface area contributed by atoms with Crippen molar-refractivity contribution in [1.82, 2.24) is 10.6 Å². The molecule has 0 aromatic heterocycles. The van der Waals surface area contributed by atoms with Gasteiger partial charge in [-0.2, -0.15) is 0 Å². The van der Waals surface area contributed by atoms with Crippen molar-refractivity contribution in [3.63, 3.8) is 0 Å². The number of aliphatic hydroxyl groups excluding tert-OH is 1. The zero-order valence-electron chi connectivity index (χ0n) is 9.46. The van der Waals surface area contributed by atoms with Crippen LogP contribution in [0.3, 0.4) is 0 Å². The summed E-state index contributed by atoms with van der Waals surface area (Å²) in [5.74, 6) is 0.0843. The van der Waals surface area contributed by atoms with Gasteiger partial charge in [-0.25, -0.2) is 0 Å². The van der Waals surface area contributed by atoms with Crippen molar-refractivity contribution >= 4 is 5.91 Å². The third-order valence-electron chi connectivity index (χ3n) is 3.00. The van der Waals surface area contributed by atoms with Gasteiger partial charge in [0, 0.05) is 19.5 Å². The average molecular weight is 214 g/mol. The topological polar surface area (TPSA) is 61.4 Å². The quantitative estimate of drug-likeness (QED) is 0.581. The molecule has 4 heteroatoms. The molecule has 3 N–H and O–H groups in total. The number of hydrogen-bond acceptors (Lipinski definition) is 3. The molecule has 0 heterocycles. The van der Waals surface area contributed by atoms with Crippen LogP contribution in [-0.2, 0) is 4.79 Å². The Morgan fingerprint density at radius 1 is 1.40 bits per heavy atom. The molecule has 2 unspecified atom stereocenters. The van der Waals surface area contributed by atoms with E-state index in [1.54, 1.807) is 7.05 Å². The Kier molecular flexibility index (Phi) is 5.65. The van der Waals surface area contributed by atoms with Gasteiger partial charge in [0.15, 0.2) is 0 Å². The molecule has 88 valence electrons. The van der Waals surface area contributed by atoms with Crippen molar-refractivity contribution in [2.75, 3.05) is 13.6 Å². The second kappa shape index (κ2) is 6.80. The lowest BCUT2D eigenvalue weighted by Gasteiger charge is -2.28. The number of amides is 1. The van der Waals surface area contributed by atoms with E-state index < -0.39 is 0 Å². The molecule has 1 aliphatic carbocycles. The zero-order chi connectivity index (χ0) is 11.1. The molecule has 1 saturated carbocycles. The van der Waals surface area contributed by atoms with Crippen molar-refractivity contribution in [2.45, 2.75) is 50.7 Å². The SMILES string of the molecule is CNC(=O)CCCNC1CCCCC1O. The predicted octanol–water partition coefficient (Wildman–Crippen LogP) is 0.406. The van der Waals surface area contributed by atoms with Gasteiger partial charge in [0.25, 0.3) is 0 Å². The third-order valence-corrected chi connectivity index (χ3v) is 3.00. The van der Waals surface area contributed by atoms with Crippen molar-refractivity contribution in [2.24, 2.45) is 0 Å². The summed E-state index contributed by atoms with van der Waals surface area (Å²) in [6, 6.07) is 0.239. The second-order valence-corrected chi connectivity index (χ2v) is 4.19. The van der Waals surface area contributed by atoms with Gasteiger partial charge in [0.1, 0.15) is 0 Å². The maximum absolute atomic E-state index is 10.9. The molecule has 2 atom stereocenters. The molecule has 0 radical (unpaired) electrons. The first-order valence-electron chi connectivity index (χ1n) is 5.86. The van der Waals surface area contributed by atoms with Crippen LogP contribution in [-0.4, -0.2) is 36.8 Å². The summed E-state index contributed by atoms with van der Waals surface area (Å²) >= 11 is 0. The number of hydrogen-bond donors (Lipinski definition) is 3. The van der Waals surface area contributed by atoms with Crippen molar-refractivity contribution in [3.8, 4) is 0 Å². The Hall–Kier alpha value is -0.610. The lowest BCUT2D eigenvalue weighted by molar-refractivity contribution is -0.120. The van der Waals surface area contributed by atoms with E-state index in [1.165, 1.54) is 6.42 Å². The molecule has 1 rings (SSSR count). The summed E-state index contributed by atoms with van der Waals surface area (Å²) < 4.78 is 0. The van der Waals surface area contributed by atoms with Gasteiger partial charge in [0.05, 0.1) is 6.10 Å². The number of carbonyl (C=O) groups excluding carboxylic acids is 1. The molecule has 1 amide bonds. The van der Waals surface area contributed by atoms with Gasteiger partial charge in [0.2, 0.25) is 5.91 Å². The zero-order valence-corrected chi connectivity index (χ0v) is 9.46. The van der Waals surface area contributed by atoms with Crippen LogP contribution in [0.25, 0.3) is 0 Å². The van der Waals surface area contributed by atoms with E-state index in [1.807, 2.05) is 0 Å². The van der Waals surface area contributed by atoms with Crippen molar-refractivity contribution in [3.05, 3.63) is 0 Å². The van der Waals surface area contributed by atoms with Crippen LogP contribution in [0.5, 0.6) is 0 Å². The van der Waals surface area contributed by atoms with E-state index in [0.29, 0.717) is 6.42 Å². The molecule has 0 aliphatic heterocycles. The Balaban J connectivity index is 2.06. The highest BCUT2D eigenvalue weighted by atomic mass is 16.3. The van der Waals surface area contributed by atoms with Crippen LogP contribution < -0.4 is 10.6 Å². The van der Waals surface area contributed by atoms with Gasteiger partial charge in [-0.15, -0.1) is 0 Å². The monoisotopic (exact) mass is 214 g/mol. The van der Waals surface area contributed by atoms with Gasteiger partial charge in [-0.05, 0) is 25.8 Å². The number of aliphatic hydroxyl groups is 1. The first kappa shape index (κ1) is 12.5. The van der Waals surface area contributed by atoms with Crippen molar-refractivity contribution in [1.29, 1.82) is 0 Å². The van der Waals surface area contributed by atoms with Crippen LogP contribution >= 0.6 is 0 Å². The van der Waals surface area contributed by atoms with Crippen LogP contribution in [0.4, 0.5) is 0 Å². The fourth-order valence-electron chi connectivity index (χ4n) is 2.01. The Labute approximate surface area is 91.4 Å². The first-order valence-corrected chi connectivity index (χ1v) is 5.86. The Bertz CT molecular complexity index is 197. The number of carbonyl (C=O) groups is 1. The molecule has 4 nitrogen and oxygen atoms in total. The number of rotatable bonds is 5. The minimum Gasteiger partial charge on any atom is -0.392 e. The maximum atomic E-state index is 10.9. The van der Waals surface area contributed by atoms with Crippen LogP contribution in [0, 0.1) is 0 Å². The lowest BCUT2D eigenvalue weighted by Crippen LogP contribution is -2.42. The van der Waals surface area contributed by atoms with E-state index in [9.17, 15) is 9.90 Å². The fourth-order valence-corrected chi connectivity index (χ4v) is 2.01. The normalized spacial score (nSPS) is 26.3. The summed E-state index contributed by atoms with van der Waals surface area (Å²) in [7, 11) is 1.65. The van der Waals surface area contributed by atoms with E-state index in [2.05, 4.69) is 10.6 Å². The lowest BCUT2D eigenvalue weighted by atomic mass is 9.92. The van der Waals surface area contributed by atoms with Gasteiger partial charge >= 0.3 is 0 Å². The molecule has 0 bridgehead atoms. The van der Waals surface area contributed by atoms with E-state index in [0.717, 1.165) is 32.2 Å². The average Bonchev–Trinajstić information content (AvgIpc) is 2.26. The summed E-state index contributed by atoms with van der Waals surface area (Å²) in [6.07, 6.45) is 5.50. The van der Waals surface area contributed by atoms with Gasteiger partial charge in [-0.1, -0.05) is 12.8 Å². The van der Waals surface area contributed by atoms with E-state index >= 15 is 0 Å². The molecule has 0 aromatic carbocycles. The Morgan fingerprint density at radius 3 is 2.80 bits per heavy atom. The first-order chi connectivity index (χ1) is 7.24. The minimum absolute atomic E-state index is 0.0843. The largest absolute Gasteiger partial charge is 0.392 e. The smallest absolute Gasteiger partial charge is 0.219 e. The molecule has 0 spiro atoms. The number of nitrogens with one attached hydrogen (secondary N) is 2. The molecule has 1 fully saturated rings. The minimum atomic E-state index is -0.196. The van der Waals surface area contributed by atoms with E-state index in [-0.39, 0.29) is 18.1 Å². The van der Waals surface area contributed by atoms with E-state index in [4.69, 9.17) is 0 Å². The van der Waals surface area contributed by atoms with Crippen LogP contribution in [0.2, 0.25) is 0 Å². The van der Waals surface area contributed by atoms with Crippen molar-refractivity contribution < 1.29 is 9.90 Å². The summed E-state index contributed by atoms with van der Waals surface area (Å²) in [4.78, 5) is 10.9. The highest BCUT2D eigenvalue weighted by molar-refractivity contribution is 5.75. The molecule has 0 saturated heterocycles.